The van der Waals surface area contributed by atoms with Crippen LogP contribution in [0.4, 0.5) is 5.82 Å². The van der Waals surface area contributed by atoms with Crippen molar-refractivity contribution in [3.63, 3.8) is 0 Å². The van der Waals surface area contributed by atoms with Gasteiger partial charge in [-0.1, -0.05) is 5.16 Å². The second kappa shape index (κ2) is 6.46. The van der Waals surface area contributed by atoms with Gasteiger partial charge in [-0.05, 0) is 39.5 Å². The lowest BCUT2D eigenvalue weighted by Gasteiger charge is -2.18. The van der Waals surface area contributed by atoms with Gasteiger partial charge in [0.1, 0.15) is 17.9 Å². The van der Waals surface area contributed by atoms with Gasteiger partial charge in [0.15, 0.2) is 0 Å². The average Bonchev–Trinajstić information content (AvgIpc) is 3.32. The van der Waals surface area contributed by atoms with E-state index < -0.39 is 0 Å². The Morgan fingerprint density at radius 2 is 2.24 bits per heavy atom. The molecule has 1 saturated heterocycles. The van der Waals surface area contributed by atoms with Gasteiger partial charge in [0.25, 0.3) is 0 Å². The highest BCUT2D eigenvalue weighted by atomic mass is 16.5. The zero-order valence-corrected chi connectivity index (χ0v) is 14.7. The normalized spacial score (nSPS) is 19.3. The number of anilines is 1. The summed E-state index contributed by atoms with van der Waals surface area (Å²) in [6, 6.07) is 0.244. The van der Waals surface area contributed by atoms with E-state index in [4.69, 9.17) is 4.52 Å². The lowest BCUT2D eigenvalue weighted by molar-refractivity contribution is -0.129. The van der Waals surface area contributed by atoms with Crippen LogP contribution in [-0.2, 0) is 24.1 Å². The van der Waals surface area contributed by atoms with Crippen LogP contribution in [-0.4, -0.2) is 45.1 Å². The maximum Gasteiger partial charge on any atom is 0.227 e. The first-order chi connectivity index (χ1) is 12.1. The quantitative estimate of drug-likeness (QED) is 0.913. The summed E-state index contributed by atoms with van der Waals surface area (Å²) in [5.41, 5.74) is 4.14. The van der Waals surface area contributed by atoms with Gasteiger partial charge in [0, 0.05) is 36.0 Å². The molecule has 0 saturated carbocycles. The summed E-state index contributed by atoms with van der Waals surface area (Å²) in [4.78, 5) is 23.3. The maximum absolute atomic E-state index is 12.6. The number of fused-ring (bicyclic) bond motifs is 1. The van der Waals surface area contributed by atoms with E-state index in [1.807, 2.05) is 18.7 Å². The van der Waals surface area contributed by atoms with Gasteiger partial charge in [-0.3, -0.25) is 4.79 Å². The summed E-state index contributed by atoms with van der Waals surface area (Å²) in [7, 11) is 0. The van der Waals surface area contributed by atoms with Crippen LogP contribution in [0.15, 0.2) is 10.9 Å². The molecule has 1 unspecified atom stereocenters. The first-order valence-electron chi connectivity index (χ1n) is 8.90. The summed E-state index contributed by atoms with van der Waals surface area (Å²) in [6.45, 7) is 5.21. The number of nitrogens with zero attached hydrogens (tertiary/aromatic N) is 4. The molecule has 7 nitrogen and oxygen atoms in total. The van der Waals surface area contributed by atoms with Crippen LogP contribution in [0.25, 0.3) is 0 Å². The molecule has 2 aromatic rings. The number of aromatic nitrogens is 3. The number of aryl methyl sites for hydroxylation is 3. The molecule has 2 aromatic heterocycles. The van der Waals surface area contributed by atoms with Crippen LogP contribution < -0.4 is 5.32 Å². The van der Waals surface area contributed by atoms with E-state index in [0.29, 0.717) is 13.0 Å². The van der Waals surface area contributed by atoms with Crippen molar-refractivity contribution in [3.05, 3.63) is 34.6 Å². The van der Waals surface area contributed by atoms with Gasteiger partial charge in [0.2, 0.25) is 5.91 Å². The Labute approximate surface area is 146 Å². The van der Waals surface area contributed by atoms with Crippen molar-refractivity contribution in [1.82, 2.24) is 20.0 Å². The van der Waals surface area contributed by atoms with Gasteiger partial charge in [-0.15, -0.1) is 0 Å². The minimum Gasteiger partial charge on any atom is -0.365 e. The van der Waals surface area contributed by atoms with Crippen LogP contribution >= 0.6 is 0 Å². The zero-order valence-electron chi connectivity index (χ0n) is 14.7. The van der Waals surface area contributed by atoms with Crippen molar-refractivity contribution in [1.29, 1.82) is 0 Å². The highest BCUT2D eigenvalue weighted by Gasteiger charge is 2.28. The first kappa shape index (κ1) is 16.1. The van der Waals surface area contributed by atoms with E-state index in [0.717, 1.165) is 55.1 Å². The summed E-state index contributed by atoms with van der Waals surface area (Å²) in [6.07, 6.45) is 6.17. The molecule has 1 fully saturated rings. The standard InChI is InChI=1S/C18H23N5O2/c1-11-15(12(2)25-22-11)8-17(24)23-7-6-13(9-23)21-18-14-4-3-5-16(14)19-10-20-18/h10,13H,3-9H2,1-2H3,(H,19,20,21). The Bertz CT molecular complexity index is 781. The number of carbonyl (C=O) groups excluding carboxylic acids is 1. The SMILES string of the molecule is Cc1noc(C)c1CC(=O)N1CCC(Nc2ncnc3c2CCC3)C1. The highest BCUT2D eigenvalue weighted by molar-refractivity contribution is 5.79. The first-order valence-corrected chi connectivity index (χ1v) is 8.90. The smallest absolute Gasteiger partial charge is 0.227 e. The molecular weight excluding hydrogens is 318 g/mol. The molecule has 25 heavy (non-hydrogen) atoms. The number of hydrogen-bond donors (Lipinski definition) is 1. The molecule has 0 spiro atoms. The second-order valence-electron chi connectivity index (χ2n) is 6.95. The fourth-order valence-electron chi connectivity index (χ4n) is 3.80. The van der Waals surface area contributed by atoms with Gasteiger partial charge in [0.05, 0.1) is 12.1 Å². The number of rotatable bonds is 4. The fraction of sp³-hybridized carbons (Fsp3) is 0.556. The molecule has 0 bridgehead atoms. The molecule has 1 N–H and O–H groups in total. The van der Waals surface area contributed by atoms with Crippen LogP contribution in [0, 0.1) is 13.8 Å². The van der Waals surface area contributed by atoms with E-state index in [1.165, 1.54) is 11.3 Å². The molecule has 3 heterocycles. The van der Waals surface area contributed by atoms with Gasteiger partial charge in [-0.2, -0.15) is 0 Å². The number of hydrogen-bond acceptors (Lipinski definition) is 6. The minimum atomic E-state index is 0.131. The van der Waals surface area contributed by atoms with E-state index in [1.54, 1.807) is 6.33 Å². The Balaban J connectivity index is 1.39. The highest BCUT2D eigenvalue weighted by Crippen LogP contribution is 2.27. The summed E-state index contributed by atoms with van der Waals surface area (Å²) < 4.78 is 5.15. The molecule has 0 radical (unpaired) electrons. The molecule has 2 aliphatic rings. The number of likely N-dealkylation sites (tertiary alicyclic amines) is 1. The minimum absolute atomic E-state index is 0.131. The number of nitrogens with one attached hydrogen (secondary N) is 1. The molecule has 1 amide bonds. The Hall–Kier alpha value is -2.44. The number of carbonyl (C=O) groups is 1. The van der Waals surface area contributed by atoms with Gasteiger partial charge >= 0.3 is 0 Å². The lowest BCUT2D eigenvalue weighted by Crippen LogP contribution is -2.33. The molecular formula is C18H23N5O2. The van der Waals surface area contributed by atoms with Crippen molar-refractivity contribution < 1.29 is 9.32 Å². The molecule has 7 heteroatoms. The Morgan fingerprint density at radius 3 is 3.04 bits per heavy atom. The van der Waals surface area contributed by atoms with Gasteiger partial charge < -0.3 is 14.7 Å². The lowest BCUT2D eigenvalue weighted by atomic mass is 10.1. The van der Waals surface area contributed by atoms with Crippen molar-refractivity contribution >= 4 is 11.7 Å². The van der Waals surface area contributed by atoms with Crippen molar-refractivity contribution in [2.75, 3.05) is 18.4 Å². The van der Waals surface area contributed by atoms with E-state index in [9.17, 15) is 4.79 Å². The van der Waals surface area contributed by atoms with E-state index in [-0.39, 0.29) is 11.9 Å². The third kappa shape index (κ3) is 3.10. The van der Waals surface area contributed by atoms with E-state index in [2.05, 4.69) is 20.4 Å². The Kier molecular flexibility index (Phi) is 4.15. The van der Waals surface area contributed by atoms with Crippen LogP contribution in [0.5, 0.6) is 0 Å². The van der Waals surface area contributed by atoms with E-state index >= 15 is 0 Å². The molecule has 1 aliphatic carbocycles. The van der Waals surface area contributed by atoms with Gasteiger partial charge in [-0.25, -0.2) is 9.97 Å². The predicted octanol–water partition coefficient (Wildman–Crippen LogP) is 1.83. The topological polar surface area (TPSA) is 84.2 Å². The van der Waals surface area contributed by atoms with Crippen molar-refractivity contribution in [3.8, 4) is 0 Å². The van der Waals surface area contributed by atoms with Crippen molar-refractivity contribution in [2.24, 2.45) is 0 Å². The third-order valence-corrected chi connectivity index (χ3v) is 5.27. The number of amides is 1. The fourth-order valence-corrected chi connectivity index (χ4v) is 3.80. The molecule has 1 atom stereocenters. The second-order valence-corrected chi connectivity index (χ2v) is 6.95. The predicted molar refractivity (Wildman–Crippen MR) is 92.3 cm³/mol. The summed E-state index contributed by atoms with van der Waals surface area (Å²) in [5.74, 6) is 1.82. The molecule has 132 valence electrons. The molecule has 4 rings (SSSR count). The summed E-state index contributed by atoms with van der Waals surface area (Å²) >= 11 is 0. The monoisotopic (exact) mass is 341 g/mol. The molecule has 0 aromatic carbocycles. The van der Waals surface area contributed by atoms with Crippen LogP contribution in [0.3, 0.4) is 0 Å². The third-order valence-electron chi connectivity index (χ3n) is 5.27. The van der Waals surface area contributed by atoms with Crippen molar-refractivity contribution in [2.45, 2.75) is 52.0 Å². The summed E-state index contributed by atoms with van der Waals surface area (Å²) in [5, 5.41) is 7.46. The molecule has 1 aliphatic heterocycles. The van der Waals surface area contributed by atoms with Crippen LogP contribution in [0.1, 0.15) is 41.1 Å². The largest absolute Gasteiger partial charge is 0.365 e. The maximum atomic E-state index is 12.6. The average molecular weight is 341 g/mol. The van der Waals surface area contributed by atoms with Crippen LogP contribution in [0.2, 0.25) is 0 Å². The zero-order chi connectivity index (χ0) is 17.4. The Morgan fingerprint density at radius 1 is 1.36 bits per heavy atom.